The van der Waals surface area contributed by atoms with E-state index in [0.29, 0.717) is 12.2 Å². The van der Waals surface area contributed by atoms with Crippen molar-refractivity contribution in [3.05, 3.63) is 29.1 Å². The second-order valence-electron chi connectivity index (χ2n) is 2.87. The van der Waals surface area contributed by atoms with Gasteiger partial charge in [-0.25, -0.2) is 4.39 Å². The van der Waals surface area contributed by atoms with Gasteiger partial charge in [0.25, 0.3) is 0 Å². The van der Waals surface area contributed by atoms with Gasteiger partial charge in [0.1, 0.15) is 11.6 Å². The average molecular weight is 184 g/mol. The van der Waals surface area contributed by atoms with Gasteiger partial charge >= 0.3 is 0 Å². The summed E-state index contributed by atoms with van der Waals surface area (Å²) in [6.45, 7) is 1.87. The van der Waals surface area contributed by atoms with Gasteiger partial charge in [-0.15, -0.1) is 0 Å². The Morgan fingerprint density at radius 2 is 2.15 bits per heavy atom. The highest BCUT2D eigenvalue weighted by Gasteiger charge is 2.06. The van der Waals surface area contributed by atoms with Crippen molar-refractivity contribution in [3.8, 4) is 5.75 Å². The van der Waals surface area contributed by atoms with Gasteiger partial charge in [0.2, 0.25) is 0 Å². The molecule has 0 aromatic heterocycles. The predicted molar refractivity (Wildman–Crippen MR) is 48.5 cm³/mol. The quantitative estimate of drug-likeness (QED) is 0.774. The molecule has 0 saturated carbocycles. The molecule has 0 fully saturated rings. The minimum absolute atomic E-state index is 0.0213. The number of aliphatic hydroxyl groups is 1. The van der Waals surface area contributed by atoms with Crippen LogP contribution in [0.15, 0.2) is 12.1 Å². The second kappa shape index (κ2) is 4.23. The van der Waals surface area contributed by atoms with Crippen molar-refractivity contribution in [3.63, 3.8) is 0 Å². The molecule has 0 spiro atoms. The summed E-state index contributed by atoms with van der Waals surface area (Å²) in [6, 6.07) is 2.77. The van der Waals surface area contributed by atoms with E-state index in [1.807, 2.05) is 6.92 Å². The molecule has 1 N–H and O–H groups in total. The van der Waals surface area contributed by atoms with E-state index in [1.165, 1.54) is 19.2 Å². The Bertz CT molecular complexity index is 297. The highest BCUT2D eigenvalue weighted by Crippen LogP contribution is 2.23. The van der Waals surface area contributed by atoms with Gasteiger partial charge in [-0.3, -0.25) is 0 Å². The first-order valence-electron chi connectivity index (χ1n) is 4.13. The standard InChI is InChI=1S/C10H13FO2/c1-7-8(3-4-12)5-9(11)6-10(7)13-2/h5-6,12H,3-4H2,1-2H3. The van der Waals surface area contributed by atoms with Gasteiger partial charge in [-0.05, 0) is 30.5 Å². The number of halogens is 1. The number of methoxy groups -OCH3 is 1. The fourth-order valence-electron chi connectivity index (χ4n) is 1.30. The first kappa shape index (κ1) is 9.99. The van der Waals surface area contributed by atoms with Crippen LogP contribution in [0.4, 0.5) is 4.39 Å². The molecule has 1 aromatic carbocycles. The summed E-state index contributed by atoms with van der Waals surface area (Å²) >= 11 is 0. The van der Waals surface area contributed by atoms with E-state index < -0.39 is 0 Å². The van der Waals surface area contributed by atoms with Gasteiger partial charge in [0, 0.05) is 12.7 Å². The number of hydrogen-bond donors (Lipinski definition) is 1. The van der Waals surface area contributed by atoms with Crippen molar-refractivity contribution in [1.29, 1.82) is 0 Å². The van der Waals surface area contributed by atoms with Crippen LogP contribution in [0.25, 0.3) is 0 Å². The molecule has 0 amide bonds. The van der Waals surface area contributed by atoms with Gasteiger partial charge < -0.3 is 9.84 Å². The number of hydrogen-bond acceptors (Lipinski definition) is 2. The van der Waals surface area contributed by atoms with Crippen LogP contribution >= 0.6 is 0 Å². The zero-order valence-corrected chi connectivity index (χ0v) is 7.80. The molecular formula is C10H13FO2. The monoisotopic (exact) mass is 184 g/mol. The molecule has 1 aromatic rings. The lowest BCUT2D eigenvalue weighted by Crippen LogP contribution is -1.98. The molecule has 2 nitrogen and oxygen atoms in total. The van der Waals surface area contributed by atoms with Crippen LogP contribution in [0.1, 0.15) is 11.1 Å². The van der Waals surface area contributed by atoms with Crippen LogP contribution in [0.5, 0.6) is 5.75 Å². The third kappa shape index (κ3) is 2.18. The van der Waals surface area contributed by atoms with Crippen LogP contribution < -0.4 is 4.74 Å². The van der Waals surface area contributed by atoms with E-state index in [2.05, 4.69) is 0 Å². The van der Waals surface area contributed by atoms with Crippen LogP contribution in [-0.4, -0.2) is 18.8 Å². The minimum Gasteiger partial charge on any atom is -0.496 e. The van der Waals surface area contributed by atoms with E-state index in [9.17, 15) is 4.39 Å². The van der Waals surface area contributed by atoms with Gasteiger partial charge in [0.05, 0.1) is 7.11 Å². The Morgan fingerprint density at radius 3 is 2.69 bits per heavy atom. The minimum atomic E-state index is -0.328. The van der Waals surface area contributed by atoms with Crippen molar-refractivity contribution in [1.82, 2.24) is 0 Å². The summed E-state index contributed by atoms with van der Waals surface area (Å²) in [7, 11) is 1.50. The average Bonchev–Trinajstić information content (AvgIpc) is 2.11. The van der Waals surface area contributed by atoms with Crippen molar-refractivity contribution >= 4 is 0 Å². The third-order valence-electron chi connectivity index (χ3n) is 2.03. The number of aliphatic hydroxyl groups excluding tert-OH is 1. The van der Waals surface area contributed by atoms with E-state index in [4.69, 9.17) is 9.84 Å². The van der Waals surface area contributed by atoms with E-state index in [-0.39, 0.29) is 12.4 Å². The molecule has 0 atom stereocenters. The maximum atomic E-state index is 13.0. The number of ether oxygens (including phenoxy) is 1. The molecule has 0 bridgehead atoms. The topological polar surface area (TPSA) is 29.5 Å². The number of benzene rings is 1. The molecule has 13 heavy (non-hydrogen) atoms. The largest absolute Gasteiger partial charge is 0.496 e. The van der Waals surface area contributed by atoms with E-state index in [0.717, 1.165) is 11.1 Å². The molecule has 0 aliphatic rings. The Morgan fingerprint density at radius 1 is 1.46 bits per heavy atom. The molecule has 0 unspecified atom stereocenters. The van der Waals surface area contributed by atoms with Crippen molar-refractivity contribution in [2.24, 2.45) is 0 Å². The van der Waals surface area contributed by atoms with Crippen LogP contribution in [0.2, 0.25) is 0 Å². The summed E-state index contributed by atoms with van der Waals surface area (Å²) in [5, 5.41) is 8.74. The van der Waals surface area contributed by atoms with Gasteiger partial charge in [0.15, 0.2) is 0 Å². The highest BCUT2D eigenvalue weighted by molar-refractivity contribution is 5.39. The fourth-order valence-corrected chi connectivity index (χ4v) is 1.30. The van der Waals surface area contributed by atoms with E-state index in [1.54, 1.807) is 0 Å². The molecule has 0 aliphatic heterocycles. The Balaban J connectivity index is 3.11. The third-order valence-corrected chi connectivity index (χ3v) is 2.03. The molecule has 3 heteroatoms. The van der Waals surface area contributed by atoms with Crippen LogP contribution in [-0.2, 0) is 6.42 Å². The van der Waals surface area contributed by atoms with Crippen molar-refractivity contribution < 1.29 is 14.2 Å². The Hall–Kier alpha value is -1.09. The van der Waals surface area contributed by atoms with Crippen LogP contribution in [0, 0.1) is 12.7 Å². The molecule has 1 rings (SSSR count). The zero-order valence-electron chi connectivity index (χ0n) is 7.80. The molecule has 0 aliphatic carbocycles. The zero-order chi connectivity index (χ0) is 9.84. The Labute approximate surface area is 77.0 Å². The smallest absolute Gasteiger partial charge is 0.127 e. The van der Waals surface area contributed by atoms with Gasteiger partial charge in [-0.2, -0.15) is 0 Å². The lowest BCUT2D eigenvalue weighted by molar-refractivity contribution is 0.299. The summed E-state index contributed by atoms with van der Waals surface area (Å²) in [6.07, 6.45) is 0.458. The fraction of sp³-hybridized carbons (Fsp3) is 0.400. The lowest BCUT2D eigenvalue weighted by atomic mass is 10.1. The lowest BCUT2D eigenvalue weighted by Gasteiger charge is -2.09. The summed E-state index contributed by atoms with van der Waals surface area (Å²) < 4.78 is 17.9. The Kier molecular flexibility index (Phi) is 3.25. The van der Waals surface area contributed by atoms with Crippen molar-refractivity contribution in [2.45, 2.75) is 13.3 Å². The predicted octanol–water partition coefficient (Wildman–Crippen LogP) is 1.68. The maximum Gasteiger partial charge on any atom is 0.127 e. The summed E-state index contributed by atoms with van der Waals surface area (Å²) in [5.41, 5.74) is 1.68. The van der Waals surface area contributed by atoms with Gasteiger partial charge in [-0.1, -0.05) is 0 Å². The summed E-state index contributed by atoms with van der Waals surface area (Å²) in [5.74, 6) is 0.203. The summed E-state index contributed by atoms with van der Waals surface area (Å²) in [4.78, 5) is 0. The van der Waals surface area contributed by atoms with Crippen molar-refractivity contribution in [2.75, 3.05) is 13.7 Å². The molecule has 72 valence electrons. The second-order valence-corrected chi connectivity index (χ2v) is 2.87. The molecule has 0 saturated heterocycles. The number of rotatable bonds is 3. The maximum absolute atomic E-state index is 13.0. The highest BCUT2D eigenvalue weighted by atomic mass is 19.1. The SMILES string of the molecule is COc1cc(F)cc(CCO)c1C. The molecule has 0 radical (unpaired) electrons. The normalized spacial score (nSPS) is 10.2. The first-order valence-corrected chi connectivity index (χ1v) is 4.13. The molecule has 0 heterocycles. The van der Waals surface area contributed by atoms with E-state index >= 15 is 0 Å². The first-order chi connectivity index (χ1) is 6.19. The molecular weight excluding hydrogens is 171 g/mol. The van der Waals surface area contributed by atoms with Crippen LogP contribution in [0.3, 0.4) is 0 Å².